The van der Waals surface area contributed by atoms with E-state index in [2.05, 4.69) is 16.0 Å². The van der Waals surface area contributed by atoms with Crippen LogP contribution in [0.2, 0.25) is 0 Å². The van der Waals surface area contributed by atoms with E-state index in [1.54, 1.807) is 12.1 Å². The first kappa shape index (κ1) is 19.2. The van der Waals surface area contributed by atoms with Crippen molar-refractivity contribution in [3.05, 3.63) is 29.8 Å². The van der Waals surface area contributed by atoms with Crippen LogP contribution >= 0.6 is 12.4 Å². The highest BCUT2D eigenvalue weighted by Gasteiger charge is 2.18. The average molecular weight is 343 g/mol. The van der Waals surface area contributed by atoms with Gasteiger partial charge in [0.15, 0.2) is 0 Å². The topological polar surface area (TPSA) is 105 Å². The molecule has 0 bridgehead atoms. The van der Waals surface area contributed by atoms with E-state index in [0.29, 0.717) is 25.3 Å². The number of nitrogens with two attached hydrogens (primary N) is 1. The lowest BCUT2D eigenvalue weighted by molar-refractivity contribution is -0.125. The quantitative estimate of drug-likeness (QED) is 0.644. The number of carbonyl (C=O) groups excluding carboxylic acids is 2. The van der Waals surface area contributed by atoms with E-state index in [-0.39, 0.29) is 30.5 Å². The molecule has 1 saturated heterocycles. The zero-order chi connectivity index (χ0) is 15.9. The number of amides is 3. The van der Waals surface area contributed by atoms with Gasteiger partial charge in [-0.05, 0) is 24.6 Å². The Morgan fingerprint density at radius 1 is 1.39 bits per heavy atom. The van der Waals surface area contributed by atoms with E-state index in [9.17, 15) is 9.59 Å². The molecule has 1 aromatic carbocycles. The maximum Gasteiger partial charge on any atom is 0.316 e. The van der Waals surface area contributed by atoms with Crippen LogP contribution < -0.4 is 21.7 Å². The standard InChI is InChI=1S/C15H22N4O3.ClH/c1-10(11-2-4-12(5-3-11)19-15(16)21)18-14(20)8-13-9-17-6-7-22-13;/h2-5,10,13,17H,6-9H2,1H3,(H,18,20)(H3,16,19,21);1H. The number of primary amides is 1. The predicted octanol–water partition coefficient (Wildman–Crippen LogP) is 1.15. The number of morpholine rings is 1. The van der Waals surface area contributed by atoms with Crippen molar-refractivity contribution >= 4 is 30.0 Å². The number of rotatable bonds is 5. The van der Waals surface area contributed by atoms with Crippen molar-refractivity contribution < 1.29 is 14.3 Å². The van der Waals surface area contributed by atoms with E-state index >= 15 is 0 Å². The highest BCUT2D eigenvalue weighted by molar-refractivity contribution is 5.87. The number of halogens is 1. The lowest BCUT2D eigenvalue weighted by Crippen LogP contribution is -2.41. The van der Waals surface area contributed by atoms with E-state index in [1.807, 2.05) is 19.1 Å². The normalized spacial score (nSPS) is 18.4. The minimum atomic E-state index is -0.602. The third-order valence-electron chi connectivity index (χ3n) is 3.47. The van der Waals surface area contributed by atoms with E-state index in [4.69, 9.17) is 10.5 Å². The number of hydrogen-bond donors (Lipinski definition) is 4. The summed E-state index contributed by atoms with van der Waals surface area (Å²) in [6.45, 7) is 4.09. The highest BCUT2D eigenvalue weighted by Crippen LogP contribution is 2.16. The summed E-state index contributed by atoms with van der Waals surface area (Å²) >= 11 is 0. The molecule has 5 N–H and O–H groups in total. The number of carbonyl (C=O) groups is 2. The molecule has 0 radical (unpaired) electrons. The average Bonchev–Trinajstić information content (AvgIpc) is 2.48. The number of benzene rings is 1. The minimum Gasteiger partial charge on any atom is -0.375 e. The summed E-state index contributed by atoms with van der Waals surface area (Å²) in [6.07, 6.45) is 0.279. The van der Waals surface area contributed by atoms with Crippen molar-refractivity contribution in [3.8, 4) is 0 Å². The Labute approximate surface area is 141 Å². The highest BCUT2D eigenvalue weighted by atomic mass is 35.5. The molecule has 0 saturated carbocycles. The Bertz CT molecular complexity index is 518. The van der Waals surface area contributed by atoms with Gasteiger partial charge in [0.25, 0.3) is 0 Å². The summed E-state index contributed by atoms with van der Waals surface area (Å²) in [6, 6.07) is 6.46. The van der Waals surface area contributed by atoms with Crippen LogP contribution in [0.15, 0.2) is 24.3 Å². The fourth-order valence-corrected chi connectivity index (χ4v) is 2.34. The molecule has 0 aliphatic carbocycles. The first-order chi connectivity index (χ1) is 10.5. The largest absolute Gasteiger partial charge is 0.375 e. The molecule has 0 spiro atoms. The van der Waals surface area contributed by atoms with Gasteiger partial charge in [-0.1, -0.05) is 12.1 Å². The van der Waals surface area contributed by atoms with Gasteiger partial charge >= 0.3 is 6.03 Å². The smallest absolute Gasteiger partial charge is 0.316 e. The molecule has 8 heteroatoms. The van der Waals surface area contributed by atoms with Crippen LogP contribution in [-0.4, -0.2) is 37.7 Å². The molecule has 1 aromatic rings. The van der Waals surface area contributed by atoms with Crippen LogP contribution in [0.4, 0.5) is 10.5 Å². The number of ether oxygens (including phenoxy) is 1. The van der Waals surface area contributed by atoms with Crippen molar-refractivity contribution in [2.75, 3.05) is 25.0 Å². The molecule has 2 unspecified atom stereocenters. The Kier molecular flexibility index (Phi) is 7.80. The second-order valence-electron chi connectivity index (χ2n) is 5.30. The van der Waals surface area contributed by atoms with Gasteiger partial charge in [0.1, 0.15) is 0 Å². The summed E-state index contributed by atoms with van der Waals surface area (Å²) in [5, 5.41) is 8.64. The molecule has 1 aliphatic rings. The number of anilines is 1. The van der Waals surface area contributed by atoms with Gasteiger partial charge in [0.2, 0.25) is 5.91 Å². The second-order valence-corrected chi connectivity index (χ2v) is 5.30. The van der Waals surface area contributed by atoms with Crippen molar-refractivity contribution in [3.63, 3.8) is 0 Å². The maximum atomic E-state index is 12.0. The van der Waals surface area contributed by atoms with Crippen molar-refractivity contribution in [2.24, 2.45) is 5.73 Å². The number of nitrogens with one attached hydrogen (secondary N) is 3. The first-order valence-corrected chi connectivity index (χ1v) is 7.32. The van der Waals surface area contributed by atoms with Crippen molar-refractivity contribution in [1.29, 1.82) is 0 Å². The summed E-state index contributed by atoms with van der Waals surface area (Å²) in [5.41, 5.74) is 6.62. The summed E-state index contributed by atoms with van der Waals surface area (Å²) in [5.74, 6) is -0.0412. The van der Waals surface area contributed by atoms with Gasteiger partial charge in [-0.25, -0.2) is 4.79 Å². The first-order valence-electron chi connectivity index (χ1n) is 7.32. The SMILES string of the molecule is CC(NC(=O)CC1CNCCO1)c1ccc(NC(N)=O)cc1.Cl. The fourth-order valence-electron chi connectivity index (χ4n) is 2.34. The van der Waals surface area contributed by atoms with Crippen LogP contribution in [0, 0.1) is 0 Å². The minimum absolute atomic E-state index is 0. The van der Waals surface area contributed by atoms with Crippen LogP contribution in [-0.2, 0) is 9.53 Å². The van der Waals surface area contributed by atoms with Crippen LogP contribution in [0.25, 0.3) is 0 Å². The van der Waals surface area contributed by atoms with Crippen molar-refractivity contribution in [1.82, 2.24) is 10.6 Å². The third kappa shape index (κ3) is 6.43. The molecular formula is C15H23ClN4O3. The van der Waals surface area contributed by atoms with E-state index in [0.717, 1.165) is 12.1 Å². The monoisotopic (exact) mass is 342 g/mol. The fraction of sp³-hybridized carbons (Fsp3) is 0.467. The molecule has 3 amide bonds. The van der Waals surface area contributed by atoms with Gasteiger partial charge in [-0.15, -0.1) is 12.4 Å². The lowest BCUT2D eigenvalue weighted by atomic mass is 10.1. The molecule has 2 rings (SSSR count). The zero-order valence-corrected chi connectivity index (χ0v) is 13.8. The van der Waals surface area contributed by atoms with Gasteiger partial charge in [0.05, 0.1) is 25.2 Å². The molecule has 23 heavy (non-hydrogen) atoms. The molecule has 1 aliphatic heterocycles. The van der Waals surface area contributed by atoms with Crippen LogP contribution in [0.1, 0.15) is 24.9 Å². The Balaban J connectivity index is 0.00000264. The third-order valence-corrected chi connectivity index (χ3v) is 3.47. The van der Waals surface area contributed by atoms with Gasteiger partial charge in [0, 0.05) is 18.8 Å². The summed E-state index contributed by atoms with van der Waals surface area (Å²) in [4.78, 5) is 22.8. The Morgan fingerprint density at radius 3 is 2.65 bits per heavy atom. The van der Waals surface area contributed by atoms with Gasteiger partial charge in [-0.3, -0.25) is 4.79 Å². The second kappa shape index (κ2) is 9.34. The lowest BCUT2D eigenvalue weighted by Gasteiger charge is -2.24. The number of urea groups is 1. The van der Waals surface area contributed by atoms with Crippen LogP contribution in [0.3, 0.4) is 0 Å². The molecular weight excluding hydrogens is 320 g/mol. The Hall–Kier alpha value is -1.83. The number of hydrogen-bond acceptors (Lipinski definition) is 4. The predicted molar refractivity (Wildman–Crippen MR) is 90.7 cm³/mol. The summed E-state index contributed by atoms with van der Waals surface area (Å²) < 4.78 is 5.51. The van der Waals surface area contributed by atoms with Crippen molar-refractivity contribution in [2.45, 2.75) is 25.5 Å². The maximum absolute atomic E-state index is 12.0. The molecule has 128 valence electrons. The summed E-state index contributed by atoms with van der Waals surface area (Å²) in [7, 11) is 0. The molecule has 0 aromatic heterocycles. The molecule has 7 nitrogen and oxygen atoms in total. The van der Waals surface area contributed by atoms with Gasteiger partial charge in [-0.2, -0.15) is 0 Å². The van der Waals surface area contributed by atoms with Crippen LogP contribution in [0.5, 0.6) is 0 Å². The van der Waals surface area contributed by atoms with E-state index in [1.165, 1.54) is 0 Å². The molecule has 1 heterocycles. The molecule has 1 fully saturated rings. The van der Waals surface area contributed by atoms with E-state index < -0.39 is 6.03 Å². The van der Waals surface area contributed by atoms with Gasteiger partial charge < -0.3 is 26.4 Å². The Morgan fingerprint density at radius 2 is 2.09 bits per heavy atom. The molecule has 2 atom stereocenters. The zero-order valence-electron chi connectivity index (χ0n) is 13.0.